The summed E-state index contributed by atoms with van der Waals surface area (Å²) in [5.74, 6) is -2.60. The number of carbonyl (C=O) groups is 1. The van der Waals surface area contributed by atoms with Crippen LogP contribution >= 0.6 is 0 Å². The van der Waals surface area contributed by atoms with Gasteiger partial charge in [-0.1, -0.05) is 13.8 Å². The van der Waals surface area contributed by atoms with Gasteiger partial charge < -0.3 is 10.5 Å². The molecule has 0 radical (unpaired) electrons. The maximum absolute atomic E-state index is 13.2. The number of ether oxygens (including phenoxy) is 1. The Morgan fingerprint density at radius 3 is 2.75 bits per heavy atom. The second-order valence-corrected chi connectivity index (χ2v) is 6.07. The first-order valence-corrected chi connectivity index (χ1v) is 7.30. The summed E-state index contributed by atoms with van der Waals surface area (Å²) in [4.78, 5) is 13.2. The van der Waals surface area contributed by atoms with Crippen LogP contribution < -0.4 is 5.73 Å². The van der Waals surface area contributed by atoms with E-state index in [1.165, 1.54) is 0 Å². The number of rotatable bonds is 7. The summed E-state index contributed by atoms with van der Waals surface area (Å²) in [5.41, 5.74) is 5.85. The van der Waals surface area contributed by atoms with Crippen molar-refractivity contribution in [2.45, 2.75) is 51.5 Å². The lowest BCUT2D eigenvalue weighted by atomic mass is 10.1. The molecule has 1 atom stereocenters. The zero-order valence-corrected chi connectivity index (χ0v) is 12.4. The molecule has 0 spiro atoms. The van der Waals surface area contributed by atoms with Crippen molar-refractivity contribution >= 4 is 5.97 Å². The van der Waals surface area contributed by atoms with Gasteiger partial charge in [-0.05, 0) is 31.8 Å². The van der Waals surface area contributed by atoms with E-state index in [1.54, 1.807) is 4.90 Å². The number of esters is 1. The van der Waals surface area contributed by atoms with E-state index in [9.17, 15) is 13.6 Å². The fraction of sp³-hybridized carbons (Fsp3) is 0.929. The normalized spacial score (nSPS) is 20.9. The quantitative estimate of drug-likeness (QED) is 0.729. The third-order valence-electron chi connectivity index (χ3n) is 3.29. The van der Waals surface area contributed by atoms with Crippen LogP contribution in [0.2, 0.25) is 0 Å². The molecule has 0 aromatic rings. The van der Waals surface area contributed by atoms with Crippen LogP contribution in [-0.2, 0) is 9.53 Å². The second-order valence-electron chi connectivity index (χ2n) is 6.07. The Balaban J connectivity index is 2.19. The van der Waals surface area contributed by atoms with Gasteiger partial charge in [0.05, 0.1) is 19.6 Å². The smallest absolute Gasteiger partial charge is 0.307 e. The molecule has 0 saturated carbocycles. The zero-order chi connectivity index (χ0) is 15.2. The highest BCUT2D eigenvalue weighted by atomic mass is 19.3. The highest BCUT2D eigenvalue weighted by Crippen LogP contribution is 2.26. The highest BCUT2D eigenvalue weighted by Gasteiger charge is 2.34. The lowest BCUT2D eigenvalue weighted by molar-refractivity contribution is -0.145. The fourth-order valence-corrected chi connectivity index (χ4v) is 2.22. The van der Waals surface area contributed by atoms with Gasteiger partial charge in [0.15, 0.2) is 0 Å². The monoisotopic (exact) mass is 292 g/mol. The average Bonchev–Trinajstić information content (AvgIpc) is 2.33. The van der Waals surface area contributed by atoms with Gasteiger partial charge in [-0.3, -0.25) is 9.69 Å². The molecule has 1 aliphatic rings. The van der Waals surface area contributed by atoms with Gasteiger partial charge in [-0.15, -0.1) is 0 Å². The molecule has 6 heteroatoms. The number of hydrogen-bond donors (Lipinski definition) is 1. The summed E-state index contributed by atoms with van der Waals surface area (Å²) in [6.07, 6.45) is 1.17. The number of likely N-dealkylation sites (tertiary alicyclic amines) is 1. The molecule has 0 amide bonds. The number of nitrogens with two attached hydrogens (primary N) is 1. The largest absolute Gasteiger partial charge is 0.465 e. The van der Waals surface area contributed by atoms with Crippen molar-refractivity contribution in [2.24, 2.45) is 11.7 Å². The van der Waals surface area contributed by atoms with Crippen molar-refractivity contribution in [1.82, 2.24) is 4.90 Å². The Morgan fingerprint density at radius 2 is 2.15 bits per heavy atom. The topological polar surface area (TPSA) is 55.6 Å². The van der Waals surface area contributed by atoms with Crippen molar-refractivity contribution < 1.29 is 18.3 Å². The van der Waals surface area contributed by atoms with Crippen LogP contribution in [0.15, 0.2) is 0 Å². The molecule has 1 heterocycles. The SMILES string of the molecule is CC(C)COC(=O)C[C@@H](N)CCN1CCCC(F)(F)C1. The summed E-state index contributed by atoms with van der Waals surface area (Å²) >= 11 is 0. The highest BCUT2D eigenvalue weighted by molar-refractivity contribution is 5.70. The summed E-state index contributed by atoms with van der Waals surface area (Å²) < 4.78 is 31.5. The number of halogens is 2. The van der Waals surface area contributed by atoms with E-state index in [0.717, 1.165) is 0 Å². The van der Waals surface area contributed by atoms with Crippen molar-refractivity contribution in [3.63, 3.8) is 0 Å². The van der Waals surface area contributed by atoms with Gasteiger partial charge in [0.2, 0.25) is 0 Å². The standard InChI is InChI=1S/C14H26F2N2O2/c1-11(2)9-20-13(19)8-12(17)4-7-18-6-3-5-14(15,16)10-18/h11-12H,3-10,17H2,1-2H3/t12-/m0/s1. The zero-order valence-electron chi connectivity index (χ0n) is 12.4. The maximum atomic E-state index is 13.2. The molecule has 0 aliphatic carbocycles. The van der Waals surface area contributed by atoms with Gasteiger partial charge in [0.25, 0.3) is 5.92 Å². The van der Waals surface area contributed by atoms with Gasteiger partial charge >= 0.3 is 5.97 Å². The van der Waals surface area contributed by atoms with E-state index in [0.29, 0.717) is 38.5 Å². The number of nitrogens with zero attached hydrogens (tertiary/aromatic N) is 1. The molecular formula is C14H26F2N2O2. The number of alkyl halides is 2. The van der Waals surface area contributed by atoms with Gasteiger partial charge in [-0.2, -0.15) is 0 Å². The Hall–Kier alpha value is -0.750. The van der Waals surface area contributed by atoms with E-state index in [2.05, 4.69) is 0 Å². The molecule has 1 rings (SSSR count). The van der Waals surface area contributed by atoms with Crippen LogP contribution in [0.1, 0.15) is 39.5 Å². The van der Waals surface area contributed by atoms with Gasteiger partial charge in [-0.25, -0.2) is 8.78 Å². The molecule has 4 nitrogen and oxygen atoms in total. The Labute approximate surface area is 119 Å². The predicted molar refractivity (Wildman–Crippen MR) is 73.6 cm³/mol. The first-order chi connectivity index (χ1) is 9.28. The molecule has 0 aromatic heterocycles. The number of carbonyl (C=O) groups excluding carboxylic acids is 1. The maximum Gasteiger partial charge on any atom is 0.307 e. The molecule has 118 valence electrons. The number of hydrogen-bond acceptors (Lipinski definition) is 4. The molecular weight excluding hydrogens is 266 g/mol. The minimum atomic E-state index is -2.58. The molecule has 0 unspecified atom stereocenters. The molecule has 1 aliphatic heterocycles. The summed E-state index contributed by atoms with van der Waals surface area (Å²) in [7, 11) is 0. The second kappa shape index (κ2) is 7.88. The Bertz CT molecular complexity index is 312. The molecule has 2 N–H and O–H groups in total. The van der Waals surface area contributed by atoms with Crippen LogP contribution in [0.3, 0.4) is 0 Å². The Kier molecular flexibility index (Phi) is 6.82. The fourth-order valence-electron chi connectivity index (χ4n) is 2.22. The van der Waals surface area contributed by atoms with Gasteiger partial charge in [0, 0.05) is 12.5 Å². The minimum Gasteiger partial charge on any atom is -0.465 e. The predicted octanol–water partition coefficient (Wildman–Crippen LogP) is 2.02. The van der Waals surface area contributed by atoms with Gasteiger partial charge in [0.1, 0.15) is 0 Å². The minimum absolute atomic E-state index is 0.0307. The first-order valence-electron chi connectivity index (χ1n) is 7.30. The van der Waals surface area contributed by atoms with E-state index >= 15 is 0 Å². The lowest BCUT2D eigenvalue weighted by Crippen LogP contribution is -2.44. The molecule has 0 aromatic carbocycles. The van der Waals surface area contributed by atoms with Crippen molar-refractivity contribution in [1.29, 1.82) is 0 Å². The molecule has 1 saturated heterocycles. The third kappa shape index (κ3) is 7.14. The average molecular weight is 292 g/mol. The van der Waals surface area contributed by atoms with Crippen LogP contribution in [-0.4, -0.2) is 49.1 Å². The first kappa shape index (κ1) is 17.3. The summed E-state index contributed by atoms with van der Waals surface area (Å²) in [6.45, 7) is 5.31. The van der Waals surface area contributed by atoms with Crippen LogP contribution in [0.4, 0.5) is 8.78 Å². The third-order valence-corrected chi connectivity index (χ3v) is 3.29. The van der Waals surface area contributed by atoms with Crippen LogP contribution in [0.5, 0.6) is 0 Å². The van der Waals surface area contributed by atoms with E-state index < -0.39 is 5.92 Å². The summed E-state index contributed by atoms with van der Waals surface area (Å²) in [5, 5.41) is 0. The molecule has 0 bridgehead atoms. The molecule has 1 fully saturated rings. The number of piperidine rings is 1. The van der Waals surface area contributed by atoms with Crippen molar-refractivity contribution in [2.75, 3.05) is 26.2 Å². The molecule has 20 heavy (non-hydrogen) atoms. The van der Waals surface area contributed by atoms with Crippen LogP contribution in [0, 0.1) is 5.92 Å². The van der Waals surface area contributed by atoms with Crippen molar-refractivity contribution in [3.8, 4) is 0 Å². The van der Waals surface area contributed by atoms with E-state index in [4.69, 9.17) is 10.5 Å². The van der Waals surface area contributed by atoms with E-state index in [-0.39, 0.29) is 31.4 Å². The van der Waals surface area contributed by atoms with Crippen molar-refractivity contribution in [3.05, 3.63) is 0 Å². The Morgan fingerprint density at radius 1 is 1.45 bits per heavy atom. The van der Waals surface area contributed by atoms with Crippen LogP contribution in [0.25, 0.3) is 0 Å². The van der Waals surface area contributed by atoms with E-state index in [1.807, 2.05) is 13.8 Å². The lowest BCUT2D eigenvalue weighted by Gasteiger charge is -2.32. The summed E-state index contributed by atoms with van der Waals surface area (Å²) in [6, 6.07) is -0.329.